The quantitative estimate of drug-likeness (QED) is 0.507. The van der Waals surface area contributed by atoms with Gasteiger partial charge in [-0.15, -0.1) is 0 Å². The van der Waals surface area contributed by atoms with Gasteiger partial charge in [0, 0.05) is 11.9 Å². The number of rotatable bonds is 0. The molecule has 0 aliphatic heterocycles. The predicted octanol–water partition coefficient (Wildman–Crippen LogP) is 0.874. The summed E-state index contributed by atoms with van der Waals surface area (Å²) in [5.41, 5.74) is 2.30. The summed E-state index contributed by atoms with van der Waals surface area (Å²) in [5.74, 6) is 0. The number of aromatic nitrogens is 1. The van der Waals surface area contributed by atoms with Gasteiger partial charge < -0.3 is 5.48 Å². The van der Waals surface area contributed by atoms with Crippen molar-refractivity contribution in [3.63, 3.8) is 0 Å². The van der Waals surface area contributed by atoms with Crippen molar-refractivity contribution in [2.45, 2.75) is 13.8 Å². The number of pyridine rings is 1. The van der Waals surface area contributed by atoms with Gasteiger partial charge in [-0.25, -0.2) is 0 Å². The fourth-order valence-electron chi connectivity index (χ4n) is 0.542. The summed E-state index contributed by atoms with van der Waals surface area (Å²) in [4.78, 5) is 4.08. The molecule has 1 heterocycles. The van der Waals surface area contributed by atoms with E-state index < -0.39 is 0 Å². The van der Waals surface area contributed by atoms with Gasteiger partial charge in [-0.1, -0.05) is 6.07 Å². The predicted molar refractivity (Wildman–Crippen MR) is 37.3 cm³/mol. The van der Waals surface area contributed by atoms with Crippen molar-refractivity contribution < 1.29 is 5.48 Å². The first-order valence-corrected chi connectivity index (χ1v) is 2.68. The van der Waals surface area contributed by atoms with E-state index in [1.54, 1.807) is 0 Å². The summed E-state index contributed by atoms with van der Waals surface area (Å²) in [6, 6.07) is 4.07. The van der Waals surface area contributed by atoms with Crippen LogP contribution in [0.3, 0.4) is 0 Å². The molecule has 2 heteroatoms. The van der Waals surface area contributed by atoms with Crippen molar-refractivity contribution in [2.75, 3.05) is 0 Å². The molecule has 0 fully saturated rings. The molecule has 0 amide bonds. The lowest BCUT2D eigenvalue weighted by Crippen LogP contribution is -1.78. The van der Waals surface area contributed by atoms with Crippen molar-refractivity contribution in [2.24, 2.45) is 0 Å². The Kier molecular flexibility index (Phi) is 2.88. The van der Waals surface area contributed by atoms with Crippen LogP contribution in [-0.2, 0) is 0 Å². The average Bonchev–Trinajstić information content (AvgIpc) is 1.77. The van der Waals surface area contributed by atoms with Crippen molar-refractivity contribution >= 4 is 0 Å². The maximum atomic E-state index is 4.08. The van der Waals surface area contributed by atoms with Crippen LogP contribution in [0.15, 0.2) is 18.3 Å². The molecule has 1 rings (SSSR count). The second-order valence-electron chi connectivity index (χ2n) is 1.98. The highest BCUT2D eigenvalue weighted by molar-refractivity contribution is 5.10. The van der Waals surface area contributed by atoms with Gasteiger partial charge in [0.15, 0.2) is 0 Å². The molecule has 0 unspecified atom stereocenters. The lowest BCUT2D eigenvalue weighted by atomic mass is 10.3. The van der Waals surface area contributed by atoms with Crippen LogP contribution in [0.5, 0.6) is 0 Å². The molecule has 0 saturated carbocycles. The van der Waals surface area contributed by atoms with Crippen LogP contribution >= 0.6 is 0 Å². The van der Waals surface area contributed by atoms with E-state index in [-0.39, 0.29) is 5.48 Å². The topological polar surface area (TPSA) is 44.4 Å². The molecule has 1 aromatic rings. The summed E-state index contributed by atoms with van der Waals surface area (Å²) >= 11 is 0. The highest BCUT2D eigenvalue weighted by atomic mass is 16.0. The standard InChI is InChI=1S/C7H9N.H2O/c1-6-3-4-7(2)8-5-6;/h3-5H,1-2H3;1H2. The van der Waals surface area contributed by atoms with Crippen LogP contribution in [0.25, 0.3) is 0 Å². The zero-order valence-electron chi connectivity index (χ0n) is 5.68. The van der Waals surface area contributed by atoms with Crippen LogP contribution in [-0.4, -0.2) is 10.5 Å². The third-order valence-corrected chi connectivity index (χ3v) is 1.06. The van der Waals surface area contributed by atoms with Crippen LogP contribution in [0, 0.1) is 13.8 Å². The van der Waals surface area contributed by atoms with Gasteiger partial charge in [0.05, 0.1) is 0 Å². The van der Waals surface area contributed by atoms with Gasteiger partial charge in [-0.2, -0.15) is 0 Å². The summed E-state index contributed by atoms with van der Waals surface area (Å²) in [6.07, 6.45) is 1.87. The van der Waals surface area contributed by atoms with E-state index in [2.05, 4.69) is 11.1 Å². The van der Waals surface area contributed by atoms with Gasteiger partial charge in [0.1, 0.15) is 0 Å². The largest absolute Gasteiger partial charge is 0.412 e. The zero-order chi connectivity index (χ0) is 5.98. The molecule has 0 aromatic carbocycles. The monoisotopic (exact) mass is 125 g/mol. The summed E-state index contributed by atoms with van der Waals surface area (Å²) in [7, 11) is 0. The Morgan fingerprint density at radius 2 is 1.89 bits per heavy atom. The molecule has 0 spiro atoms. The minimum Gasteiger partial charge on any atom is -0.412 e. The fraction of sp³-hybridized carbons (Fsp3) is 0.286. The first kappa shape index (κ1) is 8.11. The van der Waals surface area contributed by atoms with Crippen LogP contribution in [0.1, 0.15) is 11.3 Å². The van der Waals surface area contributed by atoms with Gasteiger partial charge in [0.2, 0.25) is 0 Å². The molecule has 2 nitrogen and oxygen atoms in total. The van der Waals surface area contributed by atoms with Crippen LogP contribution < -0.4 is 0 Å². The second kappa shape index (κ2) is 3.20. The SMILES string of the molecule is Cc1ccc(C)nc1.O. The van der Waals surface area contributed by atoms with Gasteiger partial charge >= 0.3 is 0 Å². The van der Waals surface area contributed by atoms with E-state index >= 15 is 0 Å². The molecule has 0 saturated heterocycles. The molecule has 0 atom stereocenters. The molecule has 2 N–H and O–H groups in total. The summed E-state index contributed by atoms with van der Waals surface area (Å²) < 4.78 is 0. The van der Waals surface area contributed by atoms with Gasteiger partial charge in [-0.3, -0.25) is 4.98 Å². The first-order valence-electron chi connectivity index (χ1n) is 2.68. The Labute approximate surface area is 54.9 Å². The van der Waals surface area contributed by atoms with E-state index in [0.717, 1.165) is 5.69 Å². The minimum atomic E-state index is 0. The Morgan fingerprint density at radius 1 is 1.22 bits per heavy atom. The maximum absolute atomic E-state index is 4.08. The van der Waals surface area contributed by atoms with Crippen LogP contribution in [0.2, 0.25) is 0 Å². The molecule has 1 aromatic heterocycles. The Morgan fingerprint density at radius 3 is 2.22 bits per heavy atom. The highest BCUT2D eigenvalue weighted by Crippen LogP contribution is 1.94. The van der Waals surface area contributed by atoms with Crippen molar-refractivity contribution in [1.29, 1.82) is 0 Å². The Bertz CT molecular complexity index is 148. The van der Waals surface area contributed by atoms with E-state index in [0.29, 0.717) is 0 Å². The van der Waals surface area contributed by atoms with E-state index in [1.807, 2.05) is 26.1 Å². The summed E-state index contributed by atoms with van der Waals surface area (Å²) in [6.45, 7) is 4.02. The minimum absolute atomic E-state index is 0. The molecule has 0 aliphatic rings. The Hall–Kier alpha value is -0.890. The van der Waals surface area contributed by atoms with Crippen molar-refractivity contribution in [3.8, 4) is 0 Å². The fourth-order valence-corrected chi connectivity index (χ4v) is 0.542. The van der Waals surface area contributed by atoms with Crippen molar-refractivity contribution in [3.05, 3.63) is 29.6 Å². The van der Waals surface area contributed by atoms with Crippen molar-refractivity contribution in [1.82, 2.24) is 4.98 Å². The van der Waals surface area contributed by atoms with Gasteiger partial charge in [-0.05, 0) is 25.5 Å². The number of nitrogens with zero attached hydrogens (tertiary/aromatic N) is 1. The average molecular weight is 125 g/mol. The second-order valence-corrected chi connectivity index (χ2v) is 1.98. The lowest BCUT2D eigenvalue weighted by Gasteiger charge is -1.89. The van der Waals surface area contributed by atoms with Gasteiger partial charge in [0.25, 0.3) is 0 Å². The maximum Gasteiger partial charge on any atom is 0.0372 e. The summed E-state index contributed by atoms with van der Waals surface area (Å²) in [5, 5.41) is 0. The molecular weight excluding hydrogens is 114 g/mol. The molecular formula is C7H11NO. The smallest absolute Gasteiger partial charge is 0.0372 e. The normalized spacial score (nSPS) is 8.22. The zero-order valence-corrected chi connectivity index (χ0v) is 5.68. The molecule has 0 bridgehead atoms. The molecule has 9 heavy (non-hydrogen) atoms. The number of hydrogen-bond donors (Lipinski definition) is 0. The third-order valence-electron chi connectivity index (χ3n) is 1.06. The van der Waals surface area contributed by atoms with Crippen LogP contribution in [0.4, 0.5) is 0 Å². The highest BCUT2D eigenvalue weighted by Gasteiger charge is 1.81. The number of hydrogen-bond acceptors (Lipinski definition) is 1. The van der Waals surface area contributed by atoms with E-state index in [4.69, 9.17) is 0 Å². The lowest BCUT2D eigenvalue weighted by molar-refractivity contribution is 0.824. The first-order chi connectivity index (χ1) is 3.79. The number of aryl methyl sites for hydroxylation is 2. The van der Waals surface area contributed by atoms with E-state index in [1.165, 1.54) is 5.56 Å². The third kappa shape index (κ3) is 2.24. The molecule has 0 aliphatic carbocycles. The molecule has 0 radical (unpaired) electrons. The Balaban J connectivity index is 0.000000640. The van der Waals surface area contributed by atoms with E-state index in [9.17, 15) is 0 Å². The molecule has 50 valence electrons.